The molecule has 1 aliphatic heterocycles. The second kappa shape index (κ2) is 11.1. The summed E-state index contributed by atoms with van der Waals surface area (Å²) in [5, 5.41) is 6.39. The predicted molar refractivity (Wildman–Crippen MR) is 82.8 cm³/mol. The van der Waals surface area contributed by atoms with Gasteiger partial charge in [0.1, 0.15) is 0 Å². The number of carbonyl (C=O) groups excluding carboxylic acids is 1. The maximum Gasteiger partial charge on any atom is 0.223 e. The van der Waals surface area contributed by atoms with Gasteiger partial charge in [-0.1, -0.05) is 26.7 Å². The Hall–Kier alpha value is -0.610. The molecular weight excluding hydrogens is 252 g/mol. The molecule has 0 aromatic carbocycles. The number of hydrogen-bond donors (Lipinski definition) is 2. The van der Waals surface area contributed by atoms with Crippen LogP contribution in [0.15, 0.2) is 0 Å². The van der Waals surface area contributed by atoms with Gasteiger partial charge in [-0.25, -0.2) is 0 Å². The van der Waals surface area contributed by atoms with Crippen molar-refractivity contribution in [2.45, 2.75) is 64.9 Å². The van der Waals surface area contributed by atoms with E-state index in [2.05, 4.69) is 24.5 Å². The van der Waals surface area contributed by atoms with Gasteiger partial charge in [-0.05, 0) is 45.2 Å². The topological polar surface area (TPSA) is 50.4 Å². The summed E-state index contributed by atoms with van der Waals surface area (Å²) >= 11 is 0. The number of carbonyl (C=O) groups is 1. The van der Waals surface area contributed by atoms with Crippen molar-refractivity contribution < 1.29 is 9.53 Å². The molecular formula is C16H32N2O2. The zero-order chi connectivity index (χ0) is 14.6. The fraction of sp³-hybridized carbons (Fsp3) is 0.938. The van der Waals surface area contributed by atoms with E-state index in [1.165, 1.54) is 0 Å². The summed E-state index contributed by atoms with van der Waals surface area (Å²) in [5.41, 5.74) is 0. The smallest absolute Gasteiger partial charge is 0.223 e. The molecule has 0 bridgehead atoms. The SMILES string of the molecule is CCCC(CCC)C(=O)NCCCOC1CCNCC1. The Bertz CT molecular complexity index is 247. The molecule has 1 saturated heterocycles. The predicted octanol–water partition coefficient (Wildman–Crippen LogP) is 2.48. The Balaban J connectivity index is 2.05. The van der Waals surface area contributed by atoms with Gasteiger partial charge in [-0.15, -0.1) is 0 Å². The van der Waals surface area contributed by atoms with Crippen molar-refractivity contribution in [1.82, 2.24) is 10.6 Å². The highest BCUT2D eigenvalue weighted by molar-refractivity contribution is 5.78. The monoisotopic (exact) mass is 284 g/mol. The Morgan fingerprint density at radius 2 is 1.90 bits per heavy atom. The van der Waals surface area contributed by atoms with Crippen LogP contribution in [0.4, 0.5) is 0 Å². The molecule has 2 N–H and O–H groups in total. The minimum atomic E-state index is 0.204. The summed E-state index contributed by atoms with van der Waals surface area (Å²) in [6, 6.07) is 0. The summed E-state index contributed by atoms with van der Waals surface area (Å²) in [6.45, 7) is 7.92. The zero-order valence-electron chi connectivity index (χ0n) is 13.2. The van der Waals surface area contributed by atoms with Crippen LogP contribution in [0, 0.1) is 5.92 Å². The van der Waals surface area contributed by atoms with Gasteiger partial charge in [0.25, 0.3) is 0 Å². The normalized spacial score (nSPS) is 16.6. The van der Waals surface area contributed by atoms with Crippen molar-refractivity contribution in [2.75, 3.05) is 26.2 Å². The standard InChI is InChI=1S/C16H32N2O2/c1-3-6-14(7-4-2)16(19)18-10-5-13-20-15-8-11-17-12-9-15/h14-15,17H,3-13H2,1-2H3,(H,18,19). The molecule has 1 aliphatic rings. The molecule has 4 nitrogen and oxygen atoms in total. The third kappa shape index (κ3) is 7.25. The first-order valence-corrected chi connectivity index (χ1v) is 8.38. The van der Waals surface area contributed by atoms with Crippen LogP contribution in [0.3, 0.4) is 0 Å². The highest BCUT2D eigenvalue weighted by Crippen LogP contribution is 2.13. The van der Waals surface area contributed by atoms with Crippen molar-refractivity contribution >= 4 is 5.91 Å². The maximum atomic E-state index is 12.0. The molecule has 0 saturated carbocycles. The summed E-state index contributed by atoms with van der Waals surface area (Å²) in [6.07, 6.45) is 7.73. The van der Waals surface area contributed by atoms with E-state index in [1.807, 2.05) is 0 Å². The Morgan fingerprint density at radius 3 is 2.50 bits per heavy atom. The van der Waals surface area contributed by atoms with E-state index >= 15 is 0 Å². The van der Waals surface area contributed by atoms with Gasteiger partial charge in [-0.3, -0.25) is 4.79 Å². The number of piperidine rings is 1. The molecule has 118 valence electrons. The average molecular weight is 284 g/mol. The molecule has 1 amide bonds. The summed E-state index contributed by atoms with van der Waals surface area (Å²) in [5.74, 6) is 0.436. The molecule has 0 aromatic heterocycles. The quantitative estimate of drug-likeness (QED) is 0.606. The van der Waals surface area contributed by atoms with E-state index in [1.54, 1.807) is 0 Å². The molecule has 1 heterocycles. The van der Waals surface area contributed by atoms with E-state index in [4.69, 9.17) is 4.74 Å². The van der Waals surface area contributed by atoms with Crippen LogP contribution in [0.2, 0.25) is 0 Å². The largest absolute Gasteiger partial charge is 0.378 e. The molecule has 0 aromatic rings. The van der Waals surface area contributed by atoms with Crippen LogP contribution in [0.25, 0.3) is 0 Å². The van der Waals surface area contributed by atoms with Crippen molar-refractivity contribution in [1.29, 1.82) is 0 Å². The zero-order valence-corrected chi connectivity index (χ0v) is 13.2. The number of amides is 1. The van der Waals surface area contributed by atoms with E-state index in [0.29, 0.717) is 6.10 Å². The lowest BCUT2D eigenvalue weighted by Crippen LogP contribution is -2.34. The third-order valence-corrected chi connectivity index (χ3v) is 3.91. The Kier molecular flexibility index (Phi) is 9.67. The molecule has 1 rings (SSSR count). The molecule has 0 radical (unpaired) electrons. The van der Waals surface area contributed by atoms with Gasteiger partial charge in [-0.2, -0.15) is 0 Å². The van der Waals surface area contributed by atoms with Crippen LogP contribution < -0.4 is 10.6 Å². The van der Waals surface area contributed by atoms with Crippen molar-refractivity contribution in [3.05, 3.63) is 0 Å². The first-order chi connectivity index (χ1) is 9.77. The molecule has 0 atom stereocenters. The summed E-state index contributed by atoms with van der Waals surface area (Å²) in [4.78, 5) is 12.0. The summed E-state index contributed by atoms with van der Waals surface area (Å²) in [7, 11) is 0. The van der Waals surface area contributed by atoms with E-state index in [9.17, 15) is 4.79 Å². The van der Waals surface area contributed by atoms with Gasteiger partial charge >= 0.3 is 0 Å². The van der Waals surface area contributed by atoms with Gasteiger partial charge in [0, 0.05) is 19.1 Å². The number of nitrogens with one attached hydrogen (secondary N) is 2. The van der Waals surface area contributed by atoms with Crippen molar-refractivity contribution in [2.24, 2.45) is 5.92 Å². The van der Waals surface area contributed by atoms with Gasteiger partial charge in [0.2, 0.25) is 5.91 Å². The number of ether oxygens (including phenoxy) is 1. The van der Waals surface area contributed by atoms with Gasteiger partial charge in [0.05, 0.1) is 6.10 Å². The highest BCUT2D eigenvalue weighted by atomic mass is 16.5. The van der Waals surface area contributed by atoms with Crippen LogP contribution >= 0.6 is 0 Å². The van der Waals surface area contributed by atoms with E-state index < -0.39 is 0 Å². The first-order valence-electron chi connectivity index (χ1n) is 8.38. The van der Waals surface area contributed by atoms with Crippen LogP contribution in [-0.4, -0.2) is 38.3 Å². The van der Waals surface area contributed by atoms with Crippen LogP contribution in [-0.2, 0) is 9.53 Å². The molecule has 20 heavy (non-hydrogen) atoms. The third-order valence-electron chi connectivity index (χ3n) is 3.91. The maximum absolute atomic E-state index is 12.0. The van der Waals surface area contributed by atoms with Gasteiger partial charge < -0.3 is 15.4 Å². The minimum absolute atomic E-state index is 0.204. The molecule has 4 heteroatoms. The lowest BCUT2D eigenvalue weighted by Gasteiger charge is -2.23. The lowest BCUT2D eigenvalue weighted by atomic mass is 9.97. The van der Waals surface area contributed by atoms with Crippen LogP contribution in [0.5, 0.6) is 0 Å². The summed E-state index contributed by atoms with van der Waals surface area (Å²) < 4.78 is 5.83. The van der Waals surface area contributed by atoms with Crippen molar-refractivity contribution in [3.8, 4) is 0 Å². The molecule has 0 unspecified atom stereocenters. The molecule has 0 spiro atoms. The fourth-order valence-corrected chi connectivity index (χ4v) is 2.74. The van der Waals surface area contributed by atoms with E-state index in [-0.39, 0.29) is 11.8 Å². The van der Waals surface area contributed by atoms with Gasteiger partial charge in [0.15, 0.2) is 0 Å². The minimum Gasteiger partial charge on any atom is -0.378 e. The second-order valence-electron chi connectivity index (χ2n) is 5.74. The second-order valence-corrected chi connectivity index (χ2v) is 5.74. The average Bonchev–Trinajstić information content (AvgIpc) is 2.47. The lowest BCUT2D eigenvalue weighted by molar-refractivity contribution is -0.125. The molecule has 0 aliphatic carbocycles. The number of rotatable bonds is 10. The fourth-order valence-electron chi connectivity index (χ4n) is 2.74. The van der Waals surface area contributed by atoms with Crippen LogP contribution in [0.1, 0.15) is 58.8 Å². The first kappa shape index (κ1) is 17.4. The van der Waals surface area contributed by atoms with Crippen molar-refractivity contribution in [3.63, 3.8) is 0 Å². The van der Waals surface area contributed by atoms with E-state index in [0.717, 1.165) is 71.2 Å². The molecule has 1 fully saturated rings. The highest BCUT2D eigenvalue weighted by Gasteiger charge is 2.16. The Morgan fingerprint density at radius 1 is 1.25 bits per heavy atom. The Labute approximate surface area is 124 Å². The number of hydrogen-bond acceptors (Lipinski definition) is 3.